The third-order valence-corrected chi connectivity index (χ3v) is 2.66. The minimum absolute atomic E-state index is 0.129. The van der Waals surface area contributed by atoms with Crippen molar-refractivity contribution in [3.8, 4) is 0 Å². The Bertz CT molecular complexity index is 373. The van der Waals surface area contributed by atoms with Crippen molar-refractivity contribution < 1.29 is 23.8 Å². The maximum absolute atomic E-state index is 11.4. The van der Waals surface area contributed by atoms with E-state index in [1.54, 1.807) is 0 Å². The van der Waals surface area contributed by atoms with Crippen molar-refractivity contribution in [3.63, 3.8) is 0 Å². The molecule has 92 valence electrons. The fourth-order valence-corrected chi connectivity index (χ4v) is 2.02. The molecule has 0 spiro atoms. The normalized spacial score (nSPS) is 33.5. The maximum Gasteiger partial charge on any atom is 0.310 e. The summed E-state index contributed by atoms with van der Waals surface area (Å²) < 4.78 is 15.8. The van der Waals surface area contributed by atoms with E-state index < -0.39 is 24.1 Å². The van der Waals surface area contributed by atoms with Crippen LogP contribution in [0.5, 0.6) is 0 Å². The van der Waals surface area contributed by atoms with Gasteiger partial charge < -0.3 is 14.2 Å². The van der Waals surface area contributed by atoms with Crippen molar-refractivity contribution in [1.29, 1.82) is 0 Å². The van der Waals surface area contributed by atoms with E-state index in [1.807, 2.05) is 12.2 Å². The number of fused-ring (bicyclic) bond motifs is 2. The Hall–Kier alpha value is -1.62. The molecule has 2 aliphatic rings. The highest BCUT2D eigenvalue weighted by Crippen LogP contribution is 2.33. The molecule has 5 heteroatoms. The topological polar surface area (TPSA) is 61.8 Å². The molecule has 0 aliphatic carbocycles. The van der Waals surface area contributed by atoms with Gasteiger partial charge in [-0.1, -0.05) is 18.2 Å². The SMILES string of the molecule is C=CCC(=O)O[C@H]1[C@@H](OC(C)=O)[C@H]2C=C[C@@H]1O2. The predicted octanol–water partition coefficient (Wildman–Crippen LogP) is 0.743. The highest BCUT2D eigenvalue weighted by Gasteiger charge is 2.50. The van der Waals surface area contributed by atoms with Crippen LogP contribution in [0.2, 0.25) is 0 Å². The molecule has 0 saturated carbocycles. The van der Waals surface area contributed by atoms with Crippen molar-refractivity contribution in [2.24, 2.45) is 0 Å². The minimum atomic E-state index is -0.554. The van der Waals surface area contributed by atoms with E-state index in [2.05, 4.69) is 6.58 Å². The summed E-state index contributed by atoms with van der Waals surface area (Å²) in [6.07, 6.45) is 3.49. The molecule has 0 aromatic rings. The van der Waals surface area contributed by atoms with Gasteiger partial charge >= 0.3 is 11.9 Å². The first-order valence-electron chi connectivity index (χ1n) is 5.43. The Kier molecular flexibility index (Phi) is 3.28. The van der Waals surface area contributed by atoms with E-state index in [1.165, 1.54) is 13.0 Å². The molecule has 1 saturated heterocycles. The number of ether oxygens (including phenoxy) is 3. The van der Waals surface area contributed by atoms with Gasteiger partial charge in [0.15, 0.2) is 12.2 Å². The Labute approximate surface area is 99.0 Å². The molecule has 2 bridgehead atoms. The average Bonchev–Trinajstić information content (AvgIpc) is 2.81. The van der Waals surface area contributed by atoms with E-state index in [4.69, 9.17) is 14.2 Å². The number of carbonyl (C=O) groups excluding carboxylic acids is 2. The Morgan fingerprint density at radius 2 is 1.88 bits per heavy atom. The summed E-state index contributed by atoms with van der Waals surface area (Å²) in [5.41, 5.74) is 0. The van der Waals surface area contributed by atoms with Crippen LogP contribution in [0, 0.1) is 0 Å². The fraction of sp³-hybridized carbons (Fsp3) is 0.500. The fourth-order valence-electron chi connectivity index (χ4n) is 2.02. The van der Waals surface area contributed by atoms with Crippen LogP contribution in [0.4, 0.5) is 0 Å². The molecule has 2 rings (SSSR count). The van der Waals surface area contributed by atoms with Gasteiger partial charge in [-0.2, -0.15) is 0 Å². The largest absolute Gasteiger partial charge is 0.455 e. The Morgan fingerprint density at radius 1 is 1.29 bits per heavy atom. The zero-order valence-electron chi connectivity index (χ0n) is 9.50. The summed E-state index contributed by atoms with van der Waals surface area (Å²) in [5, 5.41) is 0. The van der Waals surface area contributed by atoms with Crippen LogP contribution < -0.4 is 0 Å². The molecule has 2 aliphatic heterocycles. The van der Waals surface area contributed by atoms with Gasteiger partial charge in [-0.15, -0.1) is 6.58 Å². The molecule has 5 nitrogen and oxygen atoms in total. The molecule has 4 atom stereocenters. The third kappa shape index (κ3) is 2.39. The van der Waals surface area contributed by atoms with Gasteiger partial charge in [-0.25, -0.2) is 0 Å². The molecule has 0 amide bonds. The van der Waals surface area contributed by atoms with Gasteiger partial charge in [0.25, 0.3) is 0 Å². The zero-order valence-corrected chi connectivity index (χ0v) is 9.50. The van der Waals surface area contributed by atoms with Crippen LogP contribution in [0.3, 0.4) is 0 Å². The summed E-state index contributed by atoms with van der Waals surface area (Å²) in [6, 6.07) is 0. The lowest BCUT2D eigenvalue weighted by Gasteiger charge is -2.24. The van der Waals surface area contributed by atoms with Crippen LogP contribution in [0.15, 0.2) is 24.8 Å². The molecule has 0 aromatic carbocycles. The van der Waals surface area contributed by atoms with E-state index >= 15 is 0 Å². The summed E-state index contributed by atoms with van der Waals surface area (Å²) in [7, 11) is 0. The summed E-state index contributed by atoms with van der Waals surface area (Å²) >= 11 is 0. The van der Waals surface area contributed by atoms with Gasteiger partial charge in [0.1, 0.15) is 12.2 Å². The lowest BCUT2D eigenvalue weighted by atomic mass is 10.0. The van der Waals surface area contributed by atoms with E-state index in [9.17, 15) is 9.59 Å². The van der Waals surface area contributed by atoms with Crippen molar-refractivity contribution in [2.45, 2.75) is 37.8 Å². The smallest absolute Gasteiger partial charge is 0.310 e. The number of carbonyl (C=O) groups is 2. The molecule has 2 heterocycles. The Morgan fingerprint density at radius 3 is 2.41 bits per heavy atom. The van der Waals surface area contributed by atoms with Crippen molar-refractivity contribution in [1.82, 2.24) is 0 Å². The highest BCUT2D eigenvalue weighted by atomic mass is 16.6. The van der Waals surface area contributed by atoms with Crippen molar-refractivity contribution in [2.75, 3.05) is 0 Å². The summed E-state index contributed by atoms with van der Waals surface area (Å²) in [6.45, 7) is 4.78. The second-order valence-corrected chi connectivity index (χ2v) is 3.97. The number of hydrogen-bond acceptors (Lipinski definition) is 5. The molecule has 1 fully saturated rings. The average molecular weight is 238 g/mol. The van der Waals surface area contributed by atoms with Crippen LogP contribution in [0.1, 0.15) is 13.3 Å². The monoisotopic (exact) mass is 238 g/mol. The molecular formula is C12H14O5. The first-order valence-corrected chi connectivity index (χ1v) is 5.43. The minimum Gasteiger partial charge on any atom is -0.455 e. The predicted molar refractivity (Wildman–Crippen MR) is 58.0 cm³/mol. The molecular weight excluding hydrogens is 224 g/mol. The first kappa shape index (κ1) is 11.9. The van der Waals surface area contributed by atoms with Crippen LogP contribution in [-0.2, 0) is 23.8 Å². The number of hydrogen-bond donors (Lipinski definition) is 0. The van der Waals surface area contributed by atoms with Gasteiger partial charge in [-0.3, -0.25) is 9.59 Å². The van der Waals surface area contributed by atoms with E-state index in [0.717, 1.165) is 0 Å². The van der Waals surface area contributed by atoms with Crippen LogP contribution in [-0.4, -0.2) is 36.4 Å². The second kappa shape index (κ2) is 4.71. The first-order chi connectivity index (χ1) is 8.11. The second-order valence-electron chi connectivity index (χ2n) is 3.97. The van der Waals surface area contributed by atoms with Crippen LogP contribution in [0.25, 0.3) is 0 Å². The Balaban J connectivity index is 2.03. The zero-order chi connectivity index (χ0) is 12.4. The van der Waals surface area contributed by atoms with Gasteiger partial charge in [-0.05, 0) is 0 Å². The standard InChI is InChI=1S/C12H14O5/c1-3-4-10(14)17-12-9-6-5-8(16-9)11(12)15-7(2)13/h3,5-6,8-9,11-12H,1,4H2,2H3/t8-,9+,11+,12-/m1/s1. The van der Waals surface area contributed by atoms with Crippen molar-refractivity contribution >= 4 is 11.9 Å². The quantitative estimate of drug-likeness (QED) is 0.534. The highest BCUT2D eigenvalue weighted by molar-refractivity contribution is 5.71. The lowest BCUT2D eigenvalue weighted by molar-refractivity contribution is -0.164. The summed E-state index contributed by atoms with van der Waals surface area (Å²) in [4.78, 5) is 22.4. The van der Waals surface area contributed by atoms with Crippen molar-refractivity contribution in [3.05, 3.63) is 24.8 Å². The molecule has 0 aromatic heterocycles. The summed E-state index contributed by atoms with van der Waals surface area (Å²) in [5.74, 6) is -0.809. The molecule has 0 unspecified atom stereocenters. The van der Waals surface area contributed by atoms with E-state index in [-0.39, 0.29) is 18.6 Å². The van der Waals surface area contributed by atoms with Gasteiger partial charge in [0.2, 0.25) is 0 Å². The number of esters is 2. The lowest BCUT2D eigenvalue weighted by Crippen LogP contribution is -2.41. The molecule has 0 radical (unpaired) electrons. The molecule has 0 N–H and O–H groups in total. The van der Waals surface area contributed by atoms with Gasteiger partial charge in [0, 0.05) is 6.92 Å². The van der Waals surface area contributed by atoms with Gasteiger partial charge in [0.05, 0.1) is 6.42 Å². The van der Waals surface area contributed by atoms with Crippen LogP contribution >= 0.6 is 0 Å². The number of rotatable bonds is 4. The maximum atomic E-state index is 11.4. The molecule has 17 heavy (non-hydrogen) atoms. The third-order valence-electron chi connectivity index (χ3n) is 2.66. The van der Waals surface area contributed by atoms with E-state index in [0.29, 0.717) is 0 Å².